The molecular weight excluding hydrogens is 785 g/mol. The molecule has 64 heavy (non-hydrogen) atoms. The van der Waals surface area contributed by atoms with Crippen molar-refractivity contribution >= 4 is 47.1 Å². The van der Waals surface area contributed by atoms with Crippen molar-refractivity contribution in [1.82, 2.24) is 37.9 Å². The Bertz CT molecular complexity index is 3030. The Morgan fingerprint density at radius 2 is 0.547 bits per heavy atom. The van der Waals surface area contributed by atoms with Crippen molar-refractivity contribution in [2.45, 2.75) is 0 Å². The molecule has 1 aliphatic rings. The van der Waals surface area contributed by atoms with Crippen LogP contribution in [0.15, 0.2) is 121 Å². The molecule has 324 valence electrons. The van der Waals surface area contributed by atoms with Crippen molar-refractivity contribution in [1.29, 1.82) is 0 Å². The molecule has 4 aromatic carbocycles. The largest absolute Gasteiger partial charge is 0.355 e. The lowest BCUT2D eigenvalue weighted by atomic mass is 10.0. The lowest BCUT2D eigenvalue weighted by molar-refractivity contribution is 0.486. The van der Waals surface area contributed by atoms with Crippen LogP contribution in [0.25, 0.3) is 68.8 Å². The summed E-state index contributed by atoms with van der Waals surface area (Å²) < 4.78 is 3.01. The number of hydrogen-bond acceptors (Lipinski definition) is 0. The quantitative estimate of drug-likeness (QED) is 0.112. The number of H-pyrrole nitrogens is 4. The molecule has 4 aromatic heterocycles. The van der Waals surface area contributed by atoms with Gasteiger partial charge in [-0.05, 0) is 168 Å². The van der Waals surface area contributed by atoms with E-state index in [2.05, 4.69) is 250 Å². The summed E-state index contributed by atoms with van der Waals surface area (Å²) in [6.07, 6.45) is 9.03. The molecule has 8 aromatic rings. The van der Waals surface area contributed by atoms with E-state index < -0.39 is 0 Å². The van der Waals surface area contributed by atoms with Crippen molar-refractivity contribution in [2.75, 3.05) is 84.6 Å². The van der Waals surface area contributed by atoms with Crippen LogP contribution in [-0.2, 0) is 0 Å². The van der Waals surface area contributed by atoms with Crippen LogP contribution in [0.2, 0.25) is 0 Å². The Morgan fingerprint density at radius 1 is 0.281 bits per heavy atom. The van der Waals surface area contributed by atoms with E-state index in [0.717, 1.165) is 107 Å². The SMILES string of the molecule is C[N+](C)(C)c1ccc(-c2cc3[nH]c2C=c2cc(-c4ccc([N+](C)(C)C)cc4)c([nH]2)=Cc2cc(-c4ccc([N+](C)(C)C)cc4)c([nH]2)C=c2cc(-c4ccc([N+](C)(C)C)cc4)c([nH]2)=C3)cc1. The van der Waals surface area contributed by atoms with Gasteiger partial charge in [-0.15, -0.1) is 0 Å². The highest BCUT2D eigenvalue weighted by atomic mass is 15.3. The van der Waals surface area contributed by atoms with Gasteiger partial charge < -0.3 is 19.9 Å². The van der Waals surface area contributed by atoms with E-state index in [0.29, 0.717) is 0 Å². The first-order valence-electron chi connectivity index (χ1n) is 22.2. The number of aromatic amines is 4. The summed E-state index contributed by atoms with van der Waals surface area (Å²) in [5.74, 6) is 0. The molecule has 0 saturated heterocycles. The summed E-state index contributed by atoms with van der Waals surface area (Å²) in [7, 11) is 26.4. The molecule has 0 aliphatic carbocycles. The average molecular weight is 849 g/mol. The number of nitrogens with zero attached hydrogens (tertiary/aromatic N) is 4. The zero-order valence-corrected chi connectivity index (χ0v) is 39.6. The topological polar surface area (TPSA) is 63.2 Å². The molecule has 5 heterocycles. The van der Waals surface area contributed by atoms with E-state index in [9.17, 15) is 0 Å². The predicted octanol–water partition coefficient (Wildman–Crippen LogP) is 8.08. The van der Waals surface area contributed by atoms with Crippen LogP contribution < -0.4 is 39.3 Å². The summed E-state index contributed by atoms with van der Waals surface area (Å²) in [5, 5.41) is 4.09. The summed E-state index contributed by atoms with van der Waals surface area (Å²) in [6, 6.07) is 45.1. The Kier molecular flexibility index (Phi) is 10.3. The Balaban J connectivity index is 1.31. The third-order valence-corrected chi connectivity index (χ3v) is 12.5. The fraction of sp³-hybridized carbons (Fsp3) is 0.214. The summed E-state index contributed by atoms with van der Waals surface area (Å²) in [5.41, 5.74) is 18.3. The zero-order valence-electron chi connectivity index (χ0n) is 39.6. The van der Waals surface area contributed by atoms with Crippen molar-refractivity contribution in [2.24, 2.45) is 0 Å². The smallest absolute Gasteiger partial charge is 0.132 e. The van der Waals surface area contributed by atoms with Gasteiger partial charge in [0.2, 0.25) is 0 Å². The predicted molar refractivity (Wildman–Crippen MR) is 276 cm³/mol. The summed E-state index contributed by atoms with van der Waals surface area (Å²) >= 11 is 0. The first-order chi connectivity index (χ1) is 30.2. The number of aromatic nitrogens is 4. The van der Waals surface area contributed by atoms with E-state index in [-0.39, 0.29) is 0 Å². The minimum Gasteiger partial charge on any atom is -0.355 e. The van der Waals surface area contributed by atoms with Crippen LogP contribution >= 0.6 is 0 Å². The molecule has 0 radical (unpaired) electrons. The van der Waals surface area contributed by atoms with Crippen molar-refractivity contribution < 1.29 is 0 Å². The molecule has 8 nitrogen and oxygen atoms in total. The maximum absolute atomic E-state index is 3.85. The summed E-state index contributed by atoms with van der Waals surface area (Å²) in [4.78, 5) is 15.4. The highest BCUT2D eigenvalue weighted by Crippen LogP contribution is 2.32. The monoisotopic (exact) mass is 849 g/mol. The Labute approximate surface area is 378 Å². The molecule has 0 atom stereocenters. The molecule has 0 fully saturated rings. The fourth-order valence-electron chi connectivity index (χ4n) is 8.67. The molecule has 8 heteroatoms. The Hall–Kier alpha value is -6.68. The first-order valence-corrected chi connectivity index (χ1v) is 22.2. The van der Waals surface area contributed by atoms with Gasteiger partial charge in [-0.25, -0.2) is 0 Å². The fourth-order valence-corrected chi connectivity index (χ4v) is 8.67. The maximum Gasteiger partial charge on any atom is 0.132 e. The van der Waals surface area contributed by atoms with Crippen LogP contribution in [0, 0.1) is 0 Å². The molecule has 0 saturated carbocycles. The molecule has 4 N–H and O–H groups in total. The lowest BCUT2D eigenvalue weighted by Gasteiger charge is -2.23. The maximum atomic E-state index is 3.85. The number of benzene rings is 4. The van der Waals surface area contributed by atoms with Crippen molar-refractivity contribution in [3.63, 3.8) is 0 Å². The van der Waals surface area contributed by atoms with Crippen LogP contribution in [-0.4, -0.2) is 105 Å². The van der Waals surface area contributed by atoms with Gasteiger partial charge in [0.05, 0.1) is 84.6 Å². The minimum absolute atomic E-state index is 0.753. The first kappa shape index (κ1) is 42.6. The minimum atomic E-state index is 0.753. The van der Waals surface area contributed by atoms with Crippen LogP contribution in [0.1, 0.15) is 22.8 Å². The summed E-state index contributed by atoms with van der Waals surface area (Å²) in [6.45, 7) is 0. The van der Waals surface area contributed by atoms with E-state index in [1.807, 2.05) is 0 Å². The number of hydrogen-bond donors (Lipinski definition) is 4. The van der Waals surface area contributed by atoms with Gasteiger partial charge in [-0.1, -0.05) is 0 Å². The van der Waals surface area contributed by atoms with Gasteiger partial charge in [0.15, 0.2) is 0 Å². The molecule has 1 aliphatic heterocycles. The molecule has 8 bridgehead atoms. The van der Waals surface area contributed by atoms with Crippen LogP contribution in [0.5, 0.6) is 0 Å². The van der Waals surface area contributed by atoms with Gasteiger partial charge in [-0.2, -0.15) is 0 Å². The number of quaternary nitrogens is 4. The van der Waals surface area contributed by atoms with Crippen LogP contribution in [0.3, 0.4) is 0 Å². The second kappa shape index (κ2) is 15.5. The van der Waals surface area contributed by atoms with Gasteiger partial charge >= 0.3 is 0 Å². The van der Waals surface area contributed by atoms with Crippen LogP contribution in [0.4, 0.5) is 22.7 Å². The zero-order chi connectivity index (χ0) is 45.3. The molecule has 0 amide bonds. The van der Waals surface area contributed by atoms with E-state index in [4.69, 9.17) is 0 Å². The van der Waals surface area contributed by atoms with E-state index >= 15 is 0 Å². The number of nitrogens with one attached hydrogen (secondary N) is 4. The van der Waals surface area contributed by atoms with E-state index in [1.165, 1.54) is 22.7 Å². The third-order valence-electron chi connectivity index (χ3n) is 12.5. The normalized spacial score (nSPS) is 13.2. The highest BCUT2D eigenvalue weighted by molar-refractivity contribution is 5.81. The average Bonchev–Trinajstić information content (AvgIpc) is 4.03. The molecule has 9 rings (SSSR count). The van der Waals surface area contributed by atoms with Gasteiger partial charge in [0, 0.05) is 66.4 Å². The van der Waals surface area contributed by atoms with Gasteiger partial charge in [-0.3, -0.25) is 17.9 Å². The second-order valence-electron chi connectivity index (χ2n) is 21.0. The van der Waals surface area contributed by atoms with Crippen molar-refractivity contribution in [3.8, 4) is 44.5 Å². The number of rotatable bonds is 8. The van der Waals surface area contributed by atoms with Crippen molar-refractivity contribution in [3.05, 3.63) is 165 Å². The highest BCUT2D eigenvalue weighted by Gasteiger charge is 2.19. The standard InChI is InChI=1S/C56H64N8/c1-61(2,3)45-21-13-37(14-22-45)49-29-41-34-54-51(39-17-25-47(26-18-39)63(7,8)9)31-43(59-54)36-56-52(40-19-27-48(28-20-40)64(10,11)12)32-44(60-56)35-55-50(30-42(58-55)33-53(49)57-41)38-15-23-46(24-16-38)62(4,5)6/h13-36,57-60H,1-12H3/q+4. The third kappa shape index (κ3) is 8.66. The lowest BCUT2D eigenvalue weighted by Crippen LogP contribution is -2.34. The molecule has 0 unspecified atom stereocenters. The molecule has 0 spiro atoms. The molecular formula is C56H64N8+4. The van der Waals surface area contributed by atoms with E-state index in [1.54, 1.807) is 0 Å². The number of fused-ring (bicyclic) bond motifs is 8. The van der Waals surface area contributed by atoms with Gasteiger partial charge in [0.1, 0.15) is 22.7 Å². The second-order valence-corrected chi connectivity index (χ2v) is 21.0. The van der Waals surface area contributed by atoms with Gasteiger partial charge in [0.25, 0.3) is 0 Å². The Morgan fingerprint density at radius 3 is 0.812 bits per heavy atom.